The molecule has 0 atom stereocenters. The Labute approximate surface area is 60.8 Å². The predicted octanol–water partition coefficient (Wildman–Crippen LogP) is 1.49. The van der Waals surface area contributed by atoms with E-state index in [1.165, 1.54) is 0 Å². The molecule has 0 aliphatic carbocycles. The van der Waals surface area contributed by atoms with E-state index in [0.717, 1.165) is 12.8 Å². The molecule has 0 bridgehead atoms. The molecule has 0 spiro atoms. The average molecular weight is 154 g/mol. The minimum Gasteiger partial charge on any atom is -0.318 e. The second-order valence-electron chi connectivity index (χ2n) is 1.37. The Hall–Kier alpha value is 0.620. The third kappa shape index (κ3) is 6.62. The zero-order valence-electron chi connectivity index (χ0n) is 4.54. The lowest BCUT2D eigenvalue weighted by molar-refractivity contribution is 0.319. The molecule has 0 aromatic heterocycles. The molecule has 0 aromatic carbocycles. The van der Waals surface area contributed by atoms with Crippen LogP contribution in [0.4, 0.5) is 0 Å². The molecule has 0 aromatic rings. The fourth-order valence-electron chi connectivity index (χ4n) is 0.333. The topological polar surface area (TPSA) is 18.5 Å². The van der Waals surface area contributed by atoms with Gasteiger partial charge in [-0.2, -0.15) is 0 Å². The summed E-state index contributed by atoms with van der Waals surface area (Å²) in [6, 6.07) is 0. The highest BCUT2D eigenvalue weighted by Gasteiger charge is 1.84. The first kappa shape index (κ1) is 8.62. The SMILES string of the molecule is SOCCCCOS. The molecule has 0 rings (SSSR count). The summed E-state index contributed by atoms with van der Waals surface area (Å²) < 4.78 is 9.00. The van der Waals surface area contributed by atoms with E-state index in [0.29, 0.717) is 13.2 Å². The van der Waals surface area contributed by atoms with Crippen molar-refractivity contribution in [2.24, 2.45) is 0 Å². The van der Waals surface area contributed by atoms with Gasteiger partial charge in [0.15, 0.2) is 0 Å². The number of rotatable bonds is 5. The smallest absolute Gasteiger partial charge is 0.0611 e. The van der Waals surface area contributed by atoms with Crippen LogP contribution in [0.1, 0.15) is 12.8 Å². The molecule has 0 aliphatic heterocycles. The summed E-state index contributed by atoms with van der Waals surface area (Å²) in [6.45, 7) is 1.36. The molecule has 0 saturated heterocycles. The molecule has 2 nitrogen and oxygen atoms in total. The third-order valence-electron chi connectivity index (χ3n) is 0.721. The zero-order valence-corrected chi connectivity index (χ0v) is 6.33. The van der Waals surface area contributed by atoms with Gasteiger partial charge in [0, 0.05) is 0 Å². The van der Waals surface area contributed by atoms with Crippen LogP contribution in [0.3, 0.4) is 0 Å². The second kappa shape index (κ2) is 7.62. The maximum Gasteiger partial charge on any atom is 0.0611 e. The van der Waals surface area contributed by atoms with E-state index in [9.17, 15) is 0 Å². The highest BCUT2D eigenvalue weighted by Crippen LogP contribution is 1.92. The first-order valence-electron chi connectivity index (χ1n) is 2.44. The van der Waals surface area contributed by atoms with Gasteiger partial charge in [-0.25, -0.2) is 0 Å². The second-order valence-corrected chi connectivity index (χ2v) is 1.89. The fourth-order valence-corrected chi connectivity index (χ4v) is 0.591. The standard InChI is InChI=1S/C4H10O2S2/c7-5-3-1-2-4-6-8/h7-8H,1-4H2. The van der Waals surface area contributed by atoms with Gasteiger partial charge in [0.1, 0.15) is 0 Å². The van der Waals surface area contributed by atoms with Crippen molar-refractivity contribution in [3.63, 3.8) is 0 Å². The summed E-state index contributed by atoms with van der Waals surface area (Å²) in [6.07, 6.45) is 1.95. The van der Waals surface area contributed by atoms with Crippen LogP contribution in [0.25, 0.3) is 0 Å². The molecule has 0 radical (unpaired) electrons. The van der Waals surface area contributed by atoms with Crippen LogP contribution in [0.2, 0.25) is 0 Å². The van der Waals surface area contributed by atoms with E-state index in [2.05, 4.69) is 34.2 Å². The first-order chi connectivity index (χ1) is 3.91. The fraction of sp³-hybridized carbons (Fsp3) is 1.00. The number of thiol groups is 2. The number of hydrogen-bond donors (Lipinski definition) is 2. The highest BCUT2D eigenvalue weighted by atomic mass is 32.1. The van der Waals surface area contributed by atoms with Crippen LogP contribution in [0.15, 0.2) is 0 Å². The van der Waals surface area contributed by atoms with Crippen LogP contribution in [0, 0.1) is 0 Å². The minimum atomic E-state index is 0.681. The van der Waals surface area contributed by atoms with E-state index in [-0.39, 0.29) is 0 Å². The molecule has 0 unspecified atom stereocenters. The van der Waals surface area contributed by atoms with Crippen LogP contribution < -0.4 is 0 Å². The van der Waals surface area contributed by atoms with Crippen LogP contribution in [-0.4, -0.2) is 13.2 Å². The van der Waals surface area contributed by atoms with Crippen LogP contribution in [-0.2, 0) is 8.37 Å². The highest BCUT2D eigenvalue weighted by molar-refractivity contribution is 7.75. The van der Waals surface area contributed by atoms with Crippen molar-refractivity contribution in [2.75, 3.05) is 13.2 Å². The maximum absolute atomic E-state index is 4.50. The van der Waals surface area contributed by atoms with Crippen molar-refractivity contribution in [3.8, 4) is 0 Å². The lowest BCUT2D eigenvalue weighted by Crippen LogP contribution is -1.88. The number of hydrogen-bond acceptors (Lipinski definition) is 4. The van der Waals surface area contributed by atoms with Gasteiger partial charge in [-0.3, -0.25) is 0 Å². The van der Waals surface area contributed by atoms with Crippen molar-refractivity contribution < 1.29 is 8.37 Å². The van der Waals surface area contributed by atoms with E-state index < -0.39 is 0 Å². The van der Waals surface area contributed by atoms with E-state index >= 15 is 0 Å². The molecule has 0 aliphatic rings. The van der Waals surface area contributed by atoms with Gasteiger partial charge in [0.2, 0.25) is 0 Å². The molecule has 0 saturated carbocycles. The summed E-state index contributed by atoms with van der Waals surface area (Å²) in [4.78, 5) is 0. The normalized spacial score (nSPS) is 9.75. The summed E-state index contributed by atoms with van der Waals surface area (Å²) in [7, 11) is 0. The van der Waals surface area contributed by atoms with Gasteiger partial charge in [0.05, 0.1) is 13.2 Å². The Morgan fingerprint density at radius 3 is 1.50 bits per heavy atom. The van der Waals surface area contributed by atoms with Crippen molar-refractivity contribution in [2.45, 2.75) is 12.8 Å². The Morgan fingerprint density at radius 1 is 0.875 bits per heavy atom. The lowest BCUT2D eigenvalue weighted by atomic mass is 10.3. The van der Waals surface area contributed by atoms with Gasteiger partial charge < -0.3 is 8.37 Å². The molecular formula is C4H10O2S2. The predicted molar refractivity (Wildman–Crippen MR) is 39.1 cm³/mol. The molecule has 0 fully saturated rings. The van der Waals surface area contributed by atoms with Gasteiger partial charge in [0.25, 0.3) is 0 Å². The van der Waals surface area contributed by atoms with E-state index in [1.54, 1.807) is 0 Å². The molecule has 0 amide bonds. The van der Waals surface area contributed by atoms with Gasteiger partial charge in [-0.1, -0.05) is 0 Å². The molecule has 0 heterocycles. The Morgan fingerprint density at radius 2 is 1.25 bits per heavy atom. The van der Waals surface area contributed by atoms with Crippen molar-refractivity contribution in [1.29, 1.82) is 0 Å². The molecule has 50 valence electrons. The molecular weight excluding hydrogens is 144 g/mol. The average Bonchev–Trinajstić information content (AvgIpc) is 1.81. The molecule has 8 heavy (non-hydrogen) atoms. The molecule has 0 N–H and O–H groups in total. The molecule has 4 heteroatoms. The summed E-state index contributed by atoms with van der Waals surface area (Å²) in [5, 5.41) is 0. The van der Waals surface area contributed by atoms with Crippen LogP contribution in [0.5, 0.6) is 0 Å². The minimum absolute atomic E-state index is 0.681. The number of unbranched alkanes of at least 4 members (excludes halogenated alkanes) is 1. The summed E-state index contributed by atoms with van der Waals surface area (Å²) in [5.41, 5.74) is 0. The Kier molecular flexibility index (Phi) is 8.21. The zero-order chi connectivity index (χ0) is 6.24. The van der Waals surface area contributed by atoms with Gasteiger partial charge in [-0.15, -0.1) is 0 Å². The van der Waals surface area contributed by atoms with Crippen molar-refractivity contribution in [1.82, 2.24) is 0 Å². The quantitative estimate of drug-likeness (QED) is 0.355. The van der Waals surface area contributed by atoms with Gasteiger partial charge in [-0.05, 0) is 38.7 Å². The van der Waals surface area contributed by atoms with E-state index in [4.69, 9.17) is 0 Å². The Bertz CT molecular complexity index is 37.0. The third-order valence-corrected chi connectivity index (χ3v) is 1.09. The lowest BCUT2D eigenvalue weighted by Gasteiger charge is -1.94. The van der Waals surface area contributed by atoms with Crippen molar-refractivity contribution >= 4 is 25.8 Å². The summed E-state index contributed by atoms with van der Waals surface area (Å²) in [5.74, 6) is 0. The van der Waals surface area contributed by atoms with Crippen LogP contribution >= 0.6 is 25.8 Å². The monoisotopic (exact) mass is 154 g/mol. The maximum atomic E-state index is 4.50. The summed E-state index contributed by atoms with van der Waals surface area (Å²) >= 11 is 7.13. The first-order valence-corrected chi connectivity index (χ1v) is 3.17. The largest absolute Gasteiger partial charge is 0.318 e. The Balaban J connectivity index is 2.53. The van der Waals surface area contributed by atoms with Gasteiger partial charge >= 0.3 is 0 Å². The van der Waals surface area contributed by atoms with E-state index in [1.807, 2.05) is 0 Å². The van der Waals surface area contributed by atoms with Crippen molar-refractivity contribution in [3.05, 3.63) is 0 Å².